The predicted octanol–water partition coefficient (Wildman–Crippen LogP) is 9.28. The van der Waals surface area contributed by atoms with Gasteiger partial charge in [0.15, 0.2) is 12.6 Å². The first-order chi connectivity index (χ1) is 34.6. The van der Waals surface area contributed by atoms with Crippen LogP contribution in [0.3, 0.4) is 0 Å². The Balaban J connectivity index is 1.76. The van der Waals surface area contributed by atoms with Gasteiger partial charge in [-0.25, -0.2) is 0 Å². The van der Waals surface area contributed by atoms with Crippen molar-refractivity contribution in [1.82, 2.24) is 5.32 Å². The van der Waals surface area contributed by atoms with Crippen LogP contribution in [0.4, 0.5) is 0 Å². The number of carbonyl (C=O) groups is 1. The maximum atomic E-state index is 13.2. The third-order valence-electron chi connectivity index (χ3n) is 14.4. The zero-order valence-electron chi connectivity index (χ0n) is 44.7. The molecule has 2 aliphatic rings. The minimum absolute atomic E-state index is 0.248. The predicted molar refractivity (Wildman–Crippen MR) is 282 cm³/mol. The molecule has 2 saturated heterocycles. The molecule has 0 spiro atoms. The smallest absolute Gasteiger partial charge is 0.220 e. The lowest BCUT2D eigenvalue weighted by atomic mass is 9.97. The Hall–Kier alpha value is -1.53. The normalized spacial score (nSPS) is 25.9. The monoisotopic (exact) mass is 1010 g/mol. The Morgan fingerprint density at radius 1 is 0.493 bits per heavy atom. The zero-order valence-corrected chi connectivity index (χ0v) is 44.7. The van der Waals surface area contributed by atoms with Gasteiger partial charge in [0.05, 0.1) is 32.0 Å². The molecule has 9 N–H and O–H groups in total. The van der Waals surface area contributed by atoms with Gasteiger partial charge in [0.25, 0.3) is 0 Å². The van der Waals surface area contributed by atoms with Crippen molar-refractivity contribution in [3.63, 3.8) is 0 Å². The van der Waals surface area contributed by atoms with Gasteiger partial charge < -0.3 is 65.1 Å². The van der Waals surface area contributed by atoms with Crippen molar-refractivity contribution in [2.45, 2.75) is 312 Å². The van der Waals surface area contributed by atoms with Crippen LogP contribution in [0.15, 0.2) is 24.3 Å². The number of hydrogen-bond donors (Lipinski definition) is 9. The molecule has 0 aromatic heterocycles. The average Bonchev–Trinajstić information content (AvgIpc) is 3.37. The van der Waals surface area contributed by atoms with Crippen molar-refractivity contribution in [3.8, 4) is 0 Å². The number of allylic oxidation sites excluding steroid dienone is 3. The lowest BCUT2D eigenvalue weighted by molar-refractivity contribution is -0.359. The largest absolute Gasteiger partial charge is 0.394 e. The van der Waals surface area contributed by atoms with Crippen LogP contribution in [0, 0.1) is 0 Å². The summed E-state index contributed by atoms with van der Waals surface area (Å²) in [5, 5.41) is 86.9. The lowest BCUT2D eigenvalue weighted by Gasteiger charge is -2.46. The van der Waals surface area contributed by atoms with Gasteiger partial charge in [-0.15, -0.1) is 0 Å². The van der Waals surface area contributed by atoms with E-state index < -0.39 is 86.8 Å². The molecule has 12 unspecified atom stereocenters. The molecule has 0 bridgehead atoms. The second-order valence-corrected chi connectivity index (χ2v) is 20.8. The maximum absolute atomic E-state index is 13.2. The summed E-state index contributed by atoms with van der Waals surface area (Å²) in [5.74, 6) is -0.248. The summed E-state index contributed by atoms with van der Waals surface area (Å²) in [7, 11) is 0. The molecule has 2 rings (SSSR count). The van der Waals surface area contributed by atoms with Crippen LogP contribution < -0.4 is 5.32 Å². The fourth-order valence-electron chi connectivity index (χ4n) is 9.66. The number of rotatable bonds is 46. The first-order valence-electron chi connectivity index (χ1n) is 29.1. The molecule has 1 amide bonds. The molecule has 0 saturated carbocycles. The van der Waals surface area contributed by atoms with Crippen LogP contribution in [0.1, 0.15) is 239 Å². The average molecular weight is 1010 g/mol. The minimum Gasteiger partial charge on any atom is -0.394 e. The number of unbranched alkanes of at least 4 members (excludes halogenated alkanes) is 31. The van der Waals surface area contributed by atoms with Gasteiger partial charge in [0.1, 0.15) is 48.8 Å². The molecular formula is C57H107NO13. The summed E-state index contributed by atoms with van der Waals surface area (Å²) < 4.78 is 22.7. The van der Waals surface area contributed by atoms with E-state index in [1.165, 1.54) is 173 Å². The quantitative estimate of drug-likeness (QED) is 0.0205. The van der Waals surface area contributed by atoms with Crippen molar-refractivity contribution >= 4 is 5.91 Å². The van der Waals surface area contributed by atoms with E-state index in [9.17, 15) is 45.6 Å². The molecule has 2 fully saturated rings. The van der Waals surface area contributed by atoms with E-state index in [1.54, 1.807) is 6.08 Å². The maximum Gasteiger partial charge on any atom is 0.220 e. The van der Waals surface area contributed by atoms with Gasteiger partial charge in [0.2, 0.25) is 5.91 Å². The van der Waals surface area contributed by atoms with E-state index >= 15 is 0 Å². The molecule has 12 atom stereocenters. The SMILES string of the molecule is CCCCCCCCCCCCCCCCCCCCC/C=C/CC/C=C/C(O)C(COC1OC(CO)C(OC2OC(CO)C(O)C(O)C2O)C(O)C1O)NC(=O)CCCCCCCCCCCCCC. The molecule has 71 heavy (non-hydrogen) atoms. The number of carbonyl (C=O) groups excluding carboxylic acids is 1. The van der Waals surface area contributed by atoms with Crippen LogP contribution in [0.25, 0.3) is 0 Å². The van der Waals surface area contributed by atoms with Gasteiger partial charge in [-0.2, -0.15) is 0 Å². The first-order valence-corrected chi connectivity index (χ1v) is 29.1. The van der Waals surface area contributed by atoms with Crippen molar-refractivity contribution in [2.75, 3.05) is 19.8 Å². The summed E-state index contributed by atoms with van der Waals surface area (Å²) in [4.78, 5) is 13.2. The van der Waals surface area contributed by atoms with E-state index in [0.29, 0.717) is 12.8 Å². The van der Waals surface area contributed by atoms with E-state index in [0.717, 1.165) is 32.1 Å². The van der Waals surface area contributed by atoms with E-state index in [-0.39, 0.29) is 18.9 Å². The zero-order chi connectivity index (χ0) is 51.7. The van der Waals surface area contributed by atoms with Crippen molar-refractivity contribution in [1.29, 1.82) is 0 Å². The Kier molecular flexibility index (Phi) is 40.4. The minimum atomic E-state index is -1.79. The first kappa shape index (κ1) is 65.6. The molecule has 0 aromatic carbocycles. The van der Waals surface area contributed by atoms with Crippen LogP contribution in [-0.4, -0.2) is 140 Å². The summed E-state index contributed by atoms with van der Waals surface area (Å²) in [5.41, 5.74) is 0. The summed E-state index contributed by atoms with van der Waals surface area (Å²) in [6.45, 7) is 2.78. The number of nitrogens with one attached hydrogen (secondary N) is 1. The fraction of sp³-hybridized carbons (Fsp3) is 0.912. The van der Waals surface area contributed by atoms with E-state index in [2.05, 4.69) is 31.3 Å². The lowest BCUT2D eigenvalue weighted by Crippen LogP contribution is -2.65. The molecular weight excluding hydrogens is 907 g/mol. The highest BCUT2D eigenvalue weighted by molar-refractivity contribution is 5.76. The van der Waals surface area contributed by atoms with Crippen LogP contribution in [0.5, 0.6) is 0 Å². The highest BCUT2D eigenvalue weighted by Gasteiger charge is 2.51. The third kappa shape index (κ3) is 30.0. The second-order valence-electron chi connectivity index (χ2n) is 20.8. The van der Waals surface area contributed by atoms with Crippen LogP contribution in [-0.2, 0) is 23.7 Å². The van der Waals surface area contributed by atoms with Crippen molar-refractivity contribution in [2.24, 2.45) is 0 Å². The van der Waals surface area contributed by atoms with Gasteiger partial charge >= 0.3 is 0 Å². The van der Waals surface area contributed by atoms with Crippen molar-refractivity contribution in [3.05, 3.63) is 24.3 Å². The third-order valence-corrected chi connectivity index (χ3v) is 14.4. The van der Waals surface area contributed by atoms with E-state index in [1.807, 2.05) is 6.08 Å². The van der Waals surface area contributed by atoms with E-state index in [4.69, 9.17) is 18.9 Å². The van der Waals surface area contributed by atoms with Crippen molar-refractivity contribution < 1.29 is 64.6 Å². The van der Waals surface area contributed by atoms with Crippen LogP contribution in [0.2, 0.25) is 0 Å². The number of amides is 1. The number of ether oxygens (including phenoxy) is 4. The van der Waals surface area contributed by atoms with Crippen LogP contribution >= 0.6 is 0 Å². The van der Waals surface area contributed by atoms with Gasteiger partial charge in [-0.05, 0) is 32.1 Å². The molecule has 0 radical (unpaired) electrons. The summed E-state index contributed by atoms with van der Waals surface area (Å²) in [6, 6.07) is -0.926. The number of aliphatic hydroxyl groups is 8. The highest BCUT2D eigenvalue weighted by Crippen LogP contribution is 2.30. The second kappa shape index (κ2) is 43.7. The van der Waals surface area contributed by atoms with Gasteiger partial charge in [-0.3, -0.25) is 4.79 Å². The molecule has 14 heteroatoms. The molecule has 2 heterocycles. The Bertz CT molecular complexity index is 1290. The van der Waals surface area contributed by atoms with Gasteiger partial charge in [0, 0.05) is 6.42 Å². The molecule has 0 aliphatic carbocycles. The summed E-state index contributed by atoms with van der Waals surface area (Å²) >= 11 is 0. The number of aliphatic hydroxyl groups excluding tert-OH is 8. The molecule has 14 nitrogen and oxygen atoms in total. The standard InChI is InChI=1S/C57H107NO13/c1-3-5-7-9-11-13-15-17-18-19-20-21-22-23-24-25-26-27-28-29-30-32-34-36-38-40-46(61)45(58-49(62)41-39-37-35-33-31-16-14-12-10-8-6-4-2)44-68-56-54(67)52(65)55(48(43-60)70-56)71-57-53(66)51(64)50(63)47(42-59)69-57/h30,32,38,40,45-48,50-57,59-61,63-67H,3-29,31,33-37,39,41-44H2,1-2H3,(H,58,62)/b32-30+,40-38+. The van der Waals surface area contributed by atoms with Gasteiger partial charge in [-0.1, -0.05) is 224 Å². The number of hydrogen-bond acceptors (Lipinski definition) is 13. The highest BCUT2D eigenvalue weighted by atomic mass is 16.7. The summed E-state index contributed by atoms with van der Waals surface area (Å²) in [6.07, 6.45) is 33.8. The molecule has 418 valence electrons. The molecule has 0 aromatic rings. The Morgan fingerprint density at radius 3 is 1.38 bits per heavy atom. The topological polar surface area (TPSA) is 228 Å². The Labute approximate surface area is 430 Å². The molecule has 2 aliphatic heterocycles. The Morgan fingerprint density at radius 2 is 0.901 bits per heavy atom. The fourth-order valence-corrected chi connectivity index (χ4v) is 9.66.